The van der Waals surface area contributed by atoms with Gasteiger partial charge in [-0.2, -0.15) is 0 Å². The number of hydrogen-bond acceptors (Lipinski definition) is 5. The first-order chi connectivity index (χ1) is 12.1. The van der Waals surface area contributed by atoms with E-state index in [1.54, 1.807) is 0 Å². The molecule has 2 aliphatic carbocycles. The number of carbonyl (C=O) groups excluding carboxylic acids is 2. The molecular weight excluding hydrogens is 323 g/mol. The Balaban J connectivity index is 1.33. The number of anilines is 1. The van der Waals surface area contributed by atoms with Crippen molar-refractivity contribution in [3.8, 4) is 0 Å². The quantitative estimate of drug-likeness (QED) is 0.484. The van der Waals surface area contributed by atoms with Crippen molar-refractivity contribution in [3.63, 3.8) is 0 Å². The molecule has 1 aromatic heterocycles. The van der Waals surface area contributed by atoms with E-state index in [0.717, 1.165) is 6.42 Å². The summed E-state index contributed by atoms with van der Waals surface area (Å²) in [4.78, 5) is 34.3. The minimum Gasteiger partial charge on any atom is -0.367 e. The number of nitrogens with one attached hydrogen (secondary N) is 1. The molecule has 0 aromatic carbocycles. The molecule has 25 heavy (non-hydrogen) atoms. The molecule has 6 nitrogen and oxygen atoms in total. The van der Waals surface area contributed by atoms with Crippen molar-refractivity contribution in [1.82, 2.24) is 14.9 Å². The van der Waals surface area contributed by atoms with Crippen LogP contribution >= 0.6 is 0 Å². The number of halogens is 1. The van der Waals surface area contributed by atoms with Crippen LogP contribution < -0.4 is 5.32 Å². The van der Waals surface area contributed by atoms with Gasteiger partial charge in [-0.3, -0.25) is 14.5 Å². The molecule has 1 saturated heterocycles. The first-order valence-electron chi connectivity index (χ1n) is 8.88. The molecule has 0 unspecified atom stereocenters. The average Bonchev–Trinajstić information content (AvgIpc) is 3.29. The normalized spacial score (nSPS) is 29.6. The predicted octanol–water partition coefficient (Wildman–Crippen LogP) is 1.79. The zero-order valence-corrected chi connectivity index (χ0v) is 14.1. The van der Waals surface area contributed by atoms with Gasteiger partial charge in [-0.1, -0.05) is 19.1 Å². The molecule has 1 saturated carbocycles. The number of nitrogens with zero attached hydrogens (tertiary/aromatic N) is 3. The van der Waals surface area contributed by atoms with Gasteiger partial charge in [0.1, 0.15) is 6.33 Å². The minimum absolute atomic E-state index is 0.0339. The summed E-state index contributed by atoms with van der Waals surface area (Å²) in [6, 6.07) is 0. The molecule has 132 valence electrons. The Morgan fingerprint density at radius 3 is 2.52 bits per heavy atom. The van der Waals surface area contributed by atoms with Gasteiger partial charge < -0.3 is 5.32 Å². The van der Waals surface area contributed by atoms with Gasteiger partial charge in [0.25, 0.3) is 0 Å². The van der Waals surface area contributed by atoms with E-state index >= 15 is 0 Å². The van der Waals surface area contributed by atoms with Gasteiger partial charge in [-0.25, -0.2) is 14.4 Å². The molecular formula is C18H21FN4O2. The predicted molar refractivity (Wildman–Crippen MR) is 88.9 cm³/mol. The van der Waals surface area contributed by atoms with Crippen molar-refractivity contribution >= 4 is 17.6 Å². The van der Waals surface area contributed by atoms with Crippen molar-refractivity contribution < 1.29 is 14.0 Å². The van der Waals surface area contributed by atoms with Crippen molar-refractivity contribution in [2.24, 2.45) is 23.7 Å². The maximum atomic E-state index is 14.1. The van der Waals surface area contributed by atoms with Crippen molar-refractivity contribution in [2.75, 3.05) is 18.4 Å². The fourth-order valence-corrected chi connectivity index (χ4v) is 4.40. The van der Waals surface area contributed by atoms with Gasteiger partial charge in [-0.15, -0.1) is 0 Å². The second-order valence-electron chi connectivity index (χ2n) is 6.94. The fourth-order valence-electron chi connectivity index (χ4n) is 4.40. The van der Waals surface area contributed by atoms with Gasteiger partial charge in [0.05, 0.1) is 17.5 Å². The zero-order valence-electron chi connectivity index (χ0n) is 14.1. The molecule has 4 rings (SSSR count). The number of hydrogen-bond donors (Lipinski definition) is 1. The van der Waals surface area contributed by atoms with Crippen LogP contribution in [0.25, 0.3) is 0 Å². The second-order valence-corrected chi connectivity index (χ2v) is 6.94. The van der Waals surface area contributed by atoms with Crippen LogP contribution in [0, 0.1) is 29.5 Å². The molecule has 2 amide bonds. The number of likely N-dealkylation sites (tertiary alicyclic amines) is 1. The Hall–Kier alpha value is -2.31. The number of imide groups is 1. The standard InChI is InChI=1S/C18H21FN4O2/c1-2-12-15(19)16(22-9-21-12)20-6-3-7-23-17(24)13-10-4-5-11(8-10)14(13)18(23)25/h4-5,9-11,13-14H,2-3,6-8H2,1H3,(H,20,21,22)/t10-,11-,13-,14+/m0/s1. The Bertz CT molecular complexity index is 721. The highest BCUT2D eigenvalue weighted by Gasteiger charge is 2.58. The van der Waals surface area contributed by atoms with E-state index in [4.69, 9.17) is 0 Å². The summed E-state index contributed by atoms with van der Waals surface area (Å²) >= 11 is 0. The fraction of sp³-hybridized carbons (Fsp3) is 0.556. The van der Waals surface area contributed by atoms with E-state index in [9.17, 15) is 14.0 Å². The van der Waals surface area contributed by atoms with E-state index in [2.05, 4.69) is 27.4 Å². The van der Waals surface area contributed by atoms with Crippen molar-refractivity contribution in [3.05, 3.63) is 30.0 Å². The molecule has 7 heteroatoms. The highest BCUT2D eigenvalue weighted by molar-refractivity contribution is 6.06. The summed E-state index contributed by atoms with van der Waals surface area (Å²) in [5.74, 6) is -0.166. The summed E-state index contributed by atoms with van der Waals surface area (Å²) in [6.45, 7) is 2.64. The Kier molecular flexibility index (Phi) is 4.01. The van der Waals surface area contributed by atoms with Crippen LogP contribution in [0.3, 0.4) is 0 Å². The molecule has 0 spiro atoms. The van der Waals surface area contributed by atoms with E-state index in [-0.39, 0.29) is 41.3 Å². The summed E-state index contributed by atoms with van der Waals surface area (Å²) in [5.41, 5.74) is 0.373. The molecule has 2 heterocycles. The monoisotopic (exact) mass is 344 g/mol. The van der Waals surface area contributed by atoms with Crippen molar-refractivity contribution in [2.45, 2.75) is 26.2 Å². The minimum atomic E-state index is -0.435. The van der Waals surface area contributed by atoms with Crippen LogP contribution in [0.4, 0.5) is 10.2 Å². The molecule has 3 aliphatic rings. The van der Waals surface area contributed by atoms with Crippen LogP contribution in [-0.4, -0.2) is 39.8 Å². The zero-order chi connectivity index (χ0) is 17.6. The van der Waals surface area contributed by atoms with E-state index < -0.39 is 5.82 Å². The van der Waals surface area contributed by atoms with Crippen LogP contribution in [0.15, 0.2) is 18.5 Å². The van der Waals surface area contributed by atoms with Gasteiger partial charge >= 0.3 is 0 Å². The number of rotatable bonds is 6. The van der Waals surface area contributed by atoms with E-state index in [0.29, 0.717) is 31.6 Å². The SMILES string of the molecule is CCc1ncnc(NCCCN2C(=O)[C@@H]3[C@H](C2=O)[C@H]2C=C[C@H]3C2)c1F. The van der Waals surface area contributed by atoms with Crippen LogP contribution in [0.2, 0.25) is 0 Å². The summed E-state index contributed by atoms with van der Waals surface area (Å²) in [7, 11) is 0. The number of carbonyl (C=O) groups is 2. The van der Waals surface area contributed by atoms with Gasteiger partial charge in [0, 0.05) is 13.1 Å². The first-order valence-corrected chi connectivity index (χ1v) is 8.88. The number of aromatic nitrogens is 2. The molecule has 1 aliphatic heterocycles. The lowest BCUT2D eigenvalue weighted by Gasteiger charge is -2.17. The molecule has 2 fully saturated rings. The van der Waals surface area contributed by atoms with E-state index in [1.807, 2.05) is 6.92 Å². The molecule has 4 atom stereocenters. The third kappa shape index (κ3) is 2.53. The number of amides is 2. The Morgan fingerprint density at radius 2 is 1.88 bits per heavy atom. The van der Waals surface area contributed by atoms with E-state index in [1.165, 1.54) is 11.2 Å². The van der Waals surface area contributed by atoms with Gasteiger partial charge in [0.2, 0.25) is 11.8 Å². The van der Waals surface area contributed by atoms with Gasteiger partial charge in [0.15, 0.2) is 11.6 Å². The topological polar surface area (TPSA) is 75.2 Å². The number of fused-ring (bicyclic) bond motifs is 5. The van der Waals surface area contributed by atoms with Crippen LogP contribution in [0.1, 0.15) is 25.5 Å². The summed E-state index contributed by atoms with van der Waals surface area (Å²) in [6.07, 6.45) is 7.51. The van der Waals surface area contributed by atoms with Crippen LogP contribution in [-0.2, 0) is 16.0 Å². The largest absolute Gasteiger partial charge is 0.367 e. The van der Waals surface area contributed by atoms with Crippen molar-refractivity contribution in [1.29, 1.82) is 0 Å². The Morgan fingerprint density at radius 1 is 1.20 bits per heavy atom. The lowest BCUT2D eigenvalue weighted by molar-refractivity contribution is -0.140. The maximum absolute atomic E-state index is 14.1. The molecule has 1 aromatic rings. The summed E-state index contributed by atoms with van der Waals surface area (Å²) < 4.78 is 14.1. The van der Waals surface area contributed by atoms with Crippen LogP contribution in [0.5, 0.6) is 0 Å². The second kappa shape index (κ2) is 6.20. The van der Waals surface area contributed by atoms with Gasteiger partial charge in [-0.05, 0) is 31.1 Å². The lowest BCUT2D eigenvalue weighted by atomic mass is 9.85. The number of allylic oxidation sites excluding steroid dienone is 2. The number of aryl methyl sites for hydroxylation is 1. The third-order valence-corrected chi connectivity index (χ3v) is 5.61. The molecule has 0 radical (unpaired) electrons. The first kappa shape index (κ1) is 16.2. The smallest absolute Gasteiger partial charge is 0.233 e. The summed E-state index contributed by atoms with van der Waals surface area (Å²) in [5, 5.41) is 2.93. The highest BCUT2D eigenvalue weighted by atomic mass is 19.1. The maximum Gasteiger partial charge on any atom is 0.233 e. The Labute approximate surface area is 145 Å². The average molecular weight is 344 g/mol. The molecule has 1 N–H and O–H groups in total. The highest BCUT2D eigenvalue weighted by Crippen LogP contribution is 2.52. The molecule has 2 bridgehead atoms. The third-order valence-electron chi connectivity index (χ3n) is 5.61. The lowest BCUT2D eigenvalue weighted by Crippen LogP contribution is -2.34.